The molecule has 1 saturated heterocycles. The van der Waals surface area contributed by atoms with E-state index < -0.39 is 11.5 Å². The largest absolute Gasteiger partial charge is 0.480 e. The molecular weight excluding hydrogens is 262 g/mol. The summed E-state index contributed by atoms with van der Waals surface area (Å²) in [6, 6.07) is 0. The third-order valence-electron chi connectivity index (χ3n) is 3.73. The Morgan fingerprint density at radius 1 is 1.60 bits per heavy atom. The molecule has 2 heterocycles. The molecule has 2 rings (SSSR count). The fourth-order valence-corrected chi connectivity index (χ4v) is 2.60. The summed E-state index contributed by atoms with van der Waals surface area (Å²) in [6.07, 6.45) is 1.39. The van der Waals surface area contributed by atoms with Gasteiger partial charge in [0.2, 0.25) is 5.89 Å². The molecule has 0 amide bonds. The van der Waals surface area contributed by atoms with Crippen LogP contribution in [0, 0.1) is 0 Å². The number of carbonyl (C=O) groups is 1. The molecule has 112 valence electrons. The van der Waals surface area contributed by atoms with Crippen LogP contribution in [-0.4, -0.2) is 51.9 Å². The van der Waals surface area contributed by atoms with Crippen LogP contribution in [0.25, 0.3) is 0 Å². The molecule has 7 nitrogen and oxygen atoms in total. The number of carboxylic acid groups (broad SMARTS) is 1. The summed E-state index contributed by atoms with van der Waals surface area (Å²) >= 11 is 0. The lowest BCUT2D eigenvalue weighted by Crippen LogP contribution is -2.53. The van der Waals surface area contributed by atoms with E-state index in [4.69, 9.17) is 9.26 Å². The molecule has 1 aliphatic heterocycles. The molecule has 0 spiro atoms. The summed E-state index contributed by atoms with van der Waals surface area (Å²) in [5, 5.41) is 13.5. The lowest BCUT2D eigenvalue weighted by Gasteiger charge is -2.32. The third kappa shape index (κ3) is 2.69. The number of aromatic nitrogens is 2. The molecule has 0 aliphatic carbocycles. The summed E-state index contributed by atoms with van der Waals surface area (Å²) < 4.78 is 10.3. The van der Waals surface area contributed by atoms with Crippen molar-refractivity contribution in [3.63, 3.8) is 0 Å². The van der Waals surface area contributed by atoms with E-state index in [-0.39, 0.29) is 12.5 Å². The average Bonchev–Trinajstić information content (AvgIpc) is 2.99. The van der Waals surface area contributed by atoms with E-state index >= 15 is 0 Å². The Bertz CT molecular complexity index is 474. The molecule has 20 heavy (non-hydrogen) atoms. The molecule has 1 unspecified atom stereocenters. The molecule has 0 aromatic carbocycles. The molecule has 1 fully saturated rings. The van der Waals surface area contributed by atoms with E-state index in [1.807, 2.05) is 18.7 Å². The number of carboxylic acids is 1. The van der Waals surface area contributed by atoms with Crippen LogP contribution in [-0.2, 0) is 16.1 Å². The summed E-state index contributed by atoms with van der Waals surface area (Å²) in [5.41, 5.74) is -0.985. The number of ether oxygens (including phenoxy) is 1. The molecule has 0 saturated carbocycles. The van der Waals surface area contributed by atoms with Crippen molar-refractivity contribution in [2.45, 2.75) is 44.7 Å². The van der Waals surface area contributed by atoms with Crippen molar-refractivity contribution >= 4 is 5.97 Å². The second-order valence-corrected chi connectivity index (χ2v) is 5.50. The Kier molecular flexibility index (Phi) is 4.39. The van der Waals surface area contributed by atoms with Crippen LogP contribution >= 0.6 is 0 Å². The van der Waals surface area contributed by atoms with Gasteiger partial charge >= 0.3 is 5.97 Å². The normalized spacial score (nSPS) is 23.6. The van der Waals surface area contributed by atoms with Crippen LogP contribution in [0.4, 0.5) is 0 Å². The third-order valence-corrected chi connectivity index (χ3v) is 3.73. The van der Waals surface area contributed by atoms with E-state index in [1.54, 1.807) is 0 Å². The first-order valence-electron chi connectivity index (χ1n) is 6.79. The predicted molar refractivity (Wildman–Crippen MR) is 70.3 cm³/mol. The number of nitrogens with zero attached hydrogens (tertiary/aromatic N) is 3. The number of hydrogen-bond acceptors (Lipinski definition) is 6. The number of rotatable bonds is 6. The van der Waals surface area contributed by atoms with Gasteiger partial charge in [-0.05, 0) is 19.4 Å². The number of methoxy groups -OCH3 is 1. The van der Waals surface area contributed by atoms with E-state index in [0.29, 0.717) is 31.2 Å². The van der Waals surface area contributed by atoms with Gasteiger partial charge in [-0.2, -0.15) is 4.98 Å². The molecule has 1 aromatic heterocycles. The molecule has 1 aromatic rings. The Morgan fingerprint density at radius 3 is 2.90 bits per heavy atom. The van der Waals surface area contributed by atoms with Gasteiger partial charge in [-0.1, -0.05) is 19.0 Å². The molecule has 0 radical (unpaired) electrons. The monoisotopic (exact) mass is 283 g/mol. The van der Waals surface area contributed by atoms with Crippen molar-refractivity contribution in [1.82, 2.24) is 15.0 Å². The zero-order valence-corrected chi connectivity index (χ0v) is 12.1. The van der Waals surface area contributed by atoms with Crippen LogP contribution in [0.3, 0.4) is 0 Å². The van der Waals surface area contributed by atoms with Gasteiger partial charge in [0.25, 0.3) is 0 Å². The van der Waals surface area contributed by atoms with Crippen molar-refractivity contribution in [2.75, 3.05) is 20.3 Å². The number of hydrogen-bond donors (Lipinski definition) is 1. The highest BCUT2D eigenvalue weighted by Crippen LogP contribution is 2.31. The summed E-state index contributed by atoms with van der Waals surface area (Å²) in [4.78, 5) is 17.8. The minimum absolute atomic E-state index is 0.160. The number of aliphatic carboxylic acids is 1. The maximum atomic E-state index is 11.6. The Balaban J connectivity index is 2.15. The summed E-state index contributed by atoms with van der Waals surface area (Å²) in [7, 11) is 1.52. The first-order chi connectivity index (χ1) is 9.49. The second kappa shape index (κ2) is 5.88. The van der Waals surface area contributed by atoms with Gasteiger partial charge in [0, 0.05) is 13.0 Å². The van der Waals surface area contributed by atoms with Crippen molar-refractivity contribution in [1.29, 1.82) is 0 Å². The van der Waals surface area contributed by atoms with Crippen molar-refractivity contribution in [3.05, 3.63) is 11.7 Å². The zero-order valence-electron chi connectivity index (χ0n) is 12.1. The van der Waals surface area contributed by atoms with Crippen LogP contribution in [0.2, 0.25) is 0 Å². The second-order valence-electron chi connectivity index (χ2n) is 5.50. The topological polar surface area (TPSA) is 88.7 Å². The van der Waals surface area contributed by atoms with Gasteiger partial charge < -0.3 is 14.4 Å². The predicted octanol–water partition coefficient (Wildman–Crippen LogP) is 1.26. The maximum absolute atomic E-state index is 11.6. The zero-order chi connectivity index (χ0) is 14.8. The molecule has 1 atom stereocenters. The highest BCUT2D eigenvalue weighted by atomic mass is 16.5. The molecule has 0 bridgehead atoms. The van der Waals surface area contributed by atoms with Crippen molar-refractivity contribution in [3.8, 4) is 0 Å². The van der Waals surface area contributed by atoms with Gasteiger partial charge in [0.15, 0.2) is 5.82 Å². The van der Waals surface area contributed by atoms with E-state index in [0.717, 1.165) is 6.42 Å². The fourth-order valence-electron chi connectivity index (χ4n) is 2.60. The smallest absolute Gasteiger partial charge is 0.326 e. The Hall–Kier alpha value is -1.47. The number of likely N-dealkylation sites (tertiary alicyclic amines) is 1. The van der Waals surface area contributed by atoms with E-state index in [1.165, 1.54) is 7.11 Å². The van der Waals surface area contributed by atoms with Crippen LogP contribution in [0.5, 0.6) is 0 Å². The van der Waals surface area contributed by atoms with Crippen LogP contribution in [0.1, 0.15) is 44.3 Å². The van der Waals surface area contributed by atoms with Gasteiger partial charge in [0.1, 0.15) is 5.54 Å². The summed E-state index contributed by atoms with van der Waals surface area (Å²) in [5.74, 6) is 0.430. The Labute approximate surface area is 117 Å². The quantitative estimate of drug-likeness (QED) is 0.840. The minimum Gasteiger partial charge on any atom is -0.480 e. The highest BCUT2D eigenvalue weighted by molar-refractivity contribution is 5.79. The van der Waals surface area contributed by atoms with Gasteiger partial charge in [-0.15, -0.1) is 0 Å². The SMILES string of the molecule is COCC1(C(=O)O)CCCN1Cc1nc(C(C)C)no1. The fraction of sp³-hybridized carbons (Fsp3) is 0.769. The summed E-state index contributed by atoms with van der Waals surface area (Å²) in [6.45, 7) is 5.16. The maximum Gasteiger partial charge on any atom is 0.326 e. The van der Waals surface area contributed by atoms with Crippen molar-refractivity contribution < 1.29 is 19.2 Å². The molecule has 7 heteroatoms. The lowest BCUT2D eigenvalue weighted by atomic mass is 9.97. The Morgan fingerprint density at radius 2 is 2.35 bits per heavy atom. The average molecular weight is 283 g/mol. The van der Waals surface area contributed by atoms with E-state index in [2.05, 4.69) is 10.1 Å². The standard InChI is InChI=1S/C13H21N3O4/c1-9(2)11-14-10(20-15-11)7-16-6-4-5-13(16,8-19-3)12(17)18/h9H,4-8H2,1-3H3,(H,17,18). The van der Waals surface area contributed by atoms with Gasteiger partial charge in [-0.25, -0.2) is 0 Å². The van der Waals surface area contributed by atoms with Gasteiger partial charge in [0.05, 0.1) is 13.2 Å². The lowest BCUT2D eigenvalue weighted by molar-refractivity contribution is -0.153. The molecule has 1 aliphatic rings. The van der Waals surface area contributed by atoms with Crippen LogP contribution in [0.15, 0.2) is 4.52 Å². The first-order valence-corrected chi connectivity index (χ1v) is 6.79. The van der Waals surface area contributed by atoms with Crippen molar-refractivity contribution in [2.24, 2.45) is 0 Å². The molecular formula is C13H21N3O4. The minimum atomic E-state index is -0.985. The van der Waals surface area contributed by atoms with E-state index in [9.17, 15) is 9.90 Å². The van der Waals surface area contributed by atoms with Crippen LogP contribution < -0.4 is 0 Å². The highest BCUT2D eigenvalue weighted by Gasteiger charge is 2.48. The van der Waals surface area contributed by atoms with Gasteiger partial charge in [-0.3, -0.25) is 9.69 Å². The first kappa shape index (κ1) is 14.9. The molecule has 1 N–H and O–H groups in total.